The molecule has 13 heavy (non-hydrogen) atoms. The predicted molar refractivity (Wildman–Crippen MR) is 55.6 cm³/mol. The first-order valence-corrected chi connectivity index (χ1v) is 4.73. The fourth-order valence-corrected chi connectivity index (χ4v) is 1.64. The van der Waals surface area contributed by atoms with Crippen LogP contribution in [0.5, 0.6) is 0 Å². The summed E-state index contributed by atoms with van der Waals surface area (Å²) in [6.45, 7) is 3.38. The van der Waals surface area contributed by atoms with Gasteiger partial charge in [0.25, 0.3) is 0 Å². The Labute approximate surface area is 87.7 Å². The third-order valence-corrected chi connectivity index (χ3v) is 2.60. The number of benzene rings is 1. The zero-order chi connectivity index (χ0) is 10.0. The van der Waals surface area contributed by atoms with Crippen LogP contribution in [0.15, 0.2) is 18.2 Å². The molecule has 0 saturated heterocycles. The first-order chi connectivity index (χ1) is 6.02. The maximum Gasteiger partial charge on any atom is 0.137 e. The lowest BCUT2D eigenvalue weighted by Gasteiger charge is -2.09. The van der Waals surface area contributed by atoms with Gasteiger partial charge in [0.2, 0.25) is 0 Å². The van der Waals surface area contributed by atoms with E-state index >= 15 is 0 Å². The van der Waals surface area contributed by atoms with Crippen LogP contribution in [0.4, 0.5) is 0 Å². The lowest BCUT2D eigenvalue weighted by atomic mass is 9.98. The van der Waals surface area contributed by atoms with Gasteiger partial charge in [-0.1, -0.05) is 36.2 Å². The van der Waals surface area contributed by atoms with Gasteiger partial charge in [0.05, 0.1) is 0 Å². The number of rotatable bonds is 2. The van der Waals surface area contributed by atoms with E-state index in [4.69, 9.17) is 23.2 Å². The maximum atomic E-state index is 11.1. The number of carbonyl (C=O) groups excluding carboxylic acids is 1. The Balaban J connectivity index is 3.08. The molecule has 1 rings (SSSR count). The van der Waals surface area contributed by atoms with Gasteiger partial charge in [-0.05, 0) is 24.6 Å². The molecule has 0 N–H and O–H groups in total. The first-order valence-electron chi connectivity index (χ1n) is 3.97. The number of halogens is 2. The average molecular weight is 217 g/mol. The third-order valence-electron chi connectivity index (χ3n) is 2.04. The molecule has 0 bridgehead atoms. The van der Waals surface area contributed by atoms with Gasteiger partial charge in [0.1, 0.15) is 5.78 Å². The van der Waals surface area contributed by atoms with E-state index in [0.717, 1.165) is 5.56 Å². The van der Waals surface area contributed by atoms with Crippen molar-refractivity contribution in [3.05, 3.63) is 33.8 Å². The van der Waals surface area contributed by atoms with Crippen LogP contribution in [0.25, 0.3) is 0 Å². The quantitative estimate of drug-likeness (QED) is 0.738. The SMILES string of the molecule is CC(=O)[C@@H](C)c1ccc(Cl)cc1Cl. The number of carbonyl (C=O) groups is 1. The molecule has 0 radical (unpaired) electrons. The molecule has 0 amide bonds. The molecule has 0 unspecified atom stereocenters. The van der Waals surface area contributed by atoms with Crippen molar-refractivity contribution in [1.82, 2.24) is 0 Å². The molecule has 1 nitrogen and oxygen atoms in total. The normalized spacial score (nSPS) is 12.6. The van der Waals surface area contributed by atoms with Gasteiger partial charge in [-0.3, -0.25) is 4.79 Å². The number of hydrogen-bond acceptors (Lipinski definition) is 1. The Kier molecular flexibility index (Phi) is 3.34. The van der Waals surface area contributed by atoms with Crippen LogP contribution in [-0.4, -0.2) is 5.78 Å². The Morgan fingerprint density at radius 3 is 2.46 bits per heavy atom. The molecule has 0 aliphatic rings. The summed E-state index contributed by atoms with van der Waals surface area (Å²) in [5.74, 6) is -0.0611. The highest BCUT2D eigenvalue weighted by molar-refractivity contribution is 6.35. The van der Waals surface area contributed by atoms with Crippen molar-refractivity contribution in [2.24, 2.45) is 0 Å². The van der Waals surface area contributed by atoms with E-state index in [1.165, 1.54) is 0 Å². The molecule has 0 heterocycles. The van der Waals surface area contributed by atoms with Crippen LogP contribution in [0, 0.1) is 0 Å². The van der Waals surface area contributed by atoms with E-state index in [1.807, 2.05) is 6.92 Å². The zero-order valence-electron chi connectivity index (χ0n) is 7.47. The fourth-order valence-electron chi connectivity index (χ4n) is 1.07. The smallest absolute Gasteiger partial charge is 0.137 e. The van der Waals surface area contributed by atoms with Crippen LogP contribution < -0.4 is 0 Å². The summed E-state index contributed by atoms with van der Waals surface area (Å²) < 4.78 is 0. The molecule has 1 atom stereocenters. The second kappa shape index (κ2) is 4.12. The lowest BCUT2D eigenvalue weighted by Crippen LogP contribution is -2.04. The van der Waals surface area contributed by atoms with E-state index in [9.17, 15) is 4.79 Å². The fraction of sp³-hybridized carbons (Fsp3) is 0.300. The number of Topliss-reactive ketones (excluding diaryl/α,β-unsaturated/α-hetero) is 1. The summed E-state index contributed by atoms with van der Waals surface area (Å²) >= 11 is 11.7. The second-order valence-electron chi connectivity index (χ2n) is 3.00. The summed E-state index contributed by atoms with van der Waals surface area (Å²) in [5, 5.41) is 1.14. The van der Waals surface area contributed by atoms with Crippen LogP contribution >= 0.6 is 23.2 Å². The van der Waals surface area contributed by atoms with Crippen molar-refractivity contribution in [2.75, 3.05) is 0 Å². The Bertz CT molecular complexity index is 334. The highest BCUT2D eigenvalue weighted by Gasteiger charge is 2.13. The highest BCUT2D eigenvalue weighted by Crippen LogP contribution is 2.27. The standard InChI is InChI=1S/C10H10Cl2O/c1-6(7(2)13)9-4-3-8(11)5-10(9)12/h3-6H,1-2H3/t6-/m1/s1. The zero-order valence-corrected chi connectivity index (χ0v) is 8.99. The van der Waals surface area contributed by atoms with Gasteiger partial charge in [0.15, 0.2) is 0 Å². The molecule has 0 aliphatic heterocycles. The van der Waals surface area contributed by atoms with E-state index < -0.39 is 0 Å². The van der Waals surface area contributed by atoms with Crippen LogP contribution in [0.3, 0.4) is 0 Å². The summed E-state index contributed by atoms with van der Waals surface area (Å²) in [4.78, 5) is 11.1. The molecule has 1 aromatic carbocycles. The van der Waals surface area contributed by atoms with Gasteiger partial charge in [-0.25, -0.2) is 0 Å². The van der Waals surface area contributed by atoms with Crippen molar-refractivity contribution in [1.29, 1.82) is 0 Å². The van der Waals surface area contributed by atoms with Crippen molar-refractivity contribution in [3.8, 4) is 0 Å². The Morgan fingerprint density at radius 2 is 2.00 bits per heavy atom. The molecule has 0 saturated carbocycles. The monoisotopic (exact) mass is 216 g/mol. The molecule has 0 aliphatic carbocycles. The van der Waals surface area contributed by atoms with Gasteiger partial charge in [-0.15, -0.1) is 0 Å². The third kappa shape index (κ3) is 2.45. The van der Waals surface area contributed by atoms with E-state index in [0.29, 0.717) is 10.0 Å². The number of hydrogen-bond donors (Lipinski definition) is 0. The molecular formula is C10H10Cl2O. The van der Waals surface area contributed by atoms with E-state index in [-0.39, 0.29) is 11.7 Å². The van der Waals surface area contributed by atoms with Crippen molar-refractivity contribution >= 4 is 29.0 Å². The minimum atomic E-state index is -0.162. The molecule has 0 spiro atoms. The van der Waals surface area contributed by atoms with Gasteiger partial charge < -0.3 is 0 Å². The average Bonchev–Trinajstić information content (AvgIpc) is 2.03. The summed E-state index contributed by atoms with van der Waals surface area (Å²) in [6, 6.07) is 5.18. The molecule has 70 valence electrons. The molecule has 0 fully saturated rings. The van der Waals surface area contributed by atoms with Crippen LogP contribution in [-0.2, 0) is 4.79 Å². The molecule has 3 heteroatoms. The Hall–Kier alpha value is -0.530. The topological polar surface area (TPSA) is 17.1 Å². The van der Waals surface area contributed by atoms with Crippen LogP contribution in [0.2, 0.25) is 10.0 Å². The molecule has 1 aromatic rings. The highest BCUT2D eigenvalue weighted by atomic mass is 35.5. The van der Waals surface area contributed by atoms with Gasteiger partial charge >= 0.3 is 0 Å². The van der Waals surface area contributed by atoms with Crippen molar-refractivity contribution in [3.63, 3.8) is 0 Å². The molecule has 0 aromatic heterocycles. The minimum Gasteiger partial charge on any atom is -0.299 e. The van der Waals surface area contributed by atoms with Crippen molar-refractivity contribution in [2.45, 2.75) is 19.8 Å². The first kappa shape index (κ1) is 10.6. The van der Waals surface area contributed by atoms with Gasteiger partial charge in [-0.2, -0.15) is 0 Å². The summed E-state index contributed by atoms with van der Waals surface area (Å²) in [6.07, 6.45) is 0. The minimum absolute atomic E-state index is 0.101. The lowest BCUT2D eigenvalue weighted by molar-refractivity contribution is -0.118. The van der Waals surface area contributed by atoms with Gasteiger partial charge in [0, 0.05) is 16.0 Å². The van der Waals surface area contributed by atoms with Crippen LogP contribution in [0.1, 0.15) is 25.3 Å². The van der Waals surface area contributed by atoms with E-state index in [1.54, 1.807) is 25.1 Å². The Morgan fingerprint density at radius 1 is 1.38 bits per heavy atom. The predicted octanol–water partition coefficient (Wildman–Crippen LogP) is 3.69. The maximum absolute atomic E-state index is 11.1. The van der Waals surface area contributed by atoms with E-state index in [2.05, 4.69) is 0 Å². The number of ketones is 1. The summed E-state index contributed by atoms with van der Waals surface area (Å²) in [5.41, 5.74) is 0.832. The molecular weight excluding hydrogens is 207 g/mol. The second-order valence-corrected chi connectivity index (χ2v) is 3.84. The summed E-state index contributed by atoms with van der Waals surface area (Å²) in [7, 11) is 0. The van der Waals surface area contributed by atoms with Crippen molar-refractivity contribution < 1.29 is 4.79 Å². The largest absolute Gasteiger partial charge is 0.299 e.